The molecular weight excluding hydrogens is 334 g/mol. The van der Waals surface area contributed by atoms with Gasteiger partial charge in [-0.2, -0.15) is 0 Å². The molecule has 0 spiro atoms. The van der Waals surface area contributed by atoms with Crippen molar-refractivity contribution in [3.05, 3.63) is 29.8 Å². The van der Waals surface area contributed by atoms with E-state index in [-0.39, 0.29) is 12.3 Å². The third kappa shape index (κ3) is 11.5. The lowest BCUT2D eigenvalue weighted by Crippen LogP contribution is -2.39. The van der Waals surface area contributed by atoms with Gasteiger partial charge in [-0.15, -0.1) is 0 Å². The predicted octanol–water partition coefficient (Wildman–Crippen LogP) is 3.88. The molecule has 0 aliphatic rings. The van der Waals surface area contributed by atoms with Gasteiger partial charge in [0.1, 0.15) is 5.75 Å². The summed E-state index contributed by atoms with van der Waals surface area (Å²) in [5, 5.41) is 10.6. The van der Waals surface area contributed by atoms with Gasteiger partial charge in [0.2, 0.25) is 5.91 Å². The summed E-state index contributed by atoms with van der Waals surface area (Å²) in [6, 6.07) is 7.65. The zero-order valence-corrected chi connectivity index (χ0v) is 17.2. The van der Waals surface area contributed by atoms with Crippen LogP contribution in [0.5, 0.6) is 5.75 Å². The van der Waals surface area contributed by atoms with Crippen LogP contribution in [0.4, 0.5) is 0 Å². The molecule has 0 aromatic heterocycles. The molecule has 0 bridgehead atoms. The standard InChI is InChI=1S/C15H23NO3.C3H6O2.C2H6/c1-5-19-11-15(2,3)14(17)16-10-12-8-6-7-9-13(12)18-4;1-2-3(4)5;1-2/h6-9H,5,10-11H2,1-4H3,(H,16,17);2H2,1H3,(H,4,5);1-2H3. The lowest BCUT2D eigenvalue weighted by molar-refractivity contribution is -0.136. The number of carboxylic acids is 1. The van der Waals surface area contributed by atoms with Gasteiger partial charge in [0, 0.05) is 25.1 Å². The Labute approximate surface area is 157 Å². The second kappa shape index (κ2) is 15.2. The molecule has 0 radical (unpaired) electrons. The third-order valence-electron chi connectivity index (χ3n) is 3.22. The molecule has 0 unspecified atom stereocenters. The Morgan fingerprint density at radius 1 is 1.15 bits per heavy atom. The van der Waals surface area contributed by atoms with Crippen LogP contribution < -0.4 is 10.1 Å². The van der Waals surface area contributed by atoms with E-state index in [0.29, 0.717) is 19.8 Å². The van der Waals surface area contributed by atoms with Gasteiger partial charge in [-0.25, -0.2) is 0 Å². The monoisotopic (exact) mass is 369 g/mol. The van der Waals surface area contributed by atoms with Gasteiger partial charge < -0.3 is 19.9 Å². The van der Waals surface area contributed by atoms with Gasteiger partial charge in [0.15, 0.2) is 0 Å². The molecule has 1 aromatic rings. The molecule has 26 heavy (non-hydrogen) atoms. The van der Waals surface area contributed by atoms with Gasteiger partial charge in [-0.1, -0.05) is 39.0 Å². The fraction of sp³-hybridized carbons (Fsp3) is 0.600. The van der Waals surface area contributed by atoms with E-state index in [0.717, 1.165) is 11.3 Å². The summed E-state index contributed by atoms with van der Waals surface area (Å²) < 4.78 is 10.6. The highest BCUT2D eigenvalue weighted by Crippen LogP contribution is 2.19. The van der Waals surface area contributed by atoms with Crippen LogP contribution in [0.3, 0.4) is 0 Å². The maximum absolute atomic E-state index is 12.1. The number of hydrogen-bond acceptors (Lipinski definition) is 4. The maximum Gasteiger partial charge on any atom is 0.303 e. The van der Waals surface area contributed by atoms with E-state index in [2.05, 4.69) is 5.32 Å². The van der Waals surface area contributed by atoms with Gasteiger partial charge in [-0.05, 0) is 26.8 Å². The molecule has 0 saturated heterocycles. The smallest absolute Gasteiger partial charge is 0.303 e. The first-order chi connectivity index (χ1) is 12.3. The van der Waals surface area contributed by atoms with E-state index < -0.39 is 11.4 Å². The zero-order valence-electron chi connectivity index (χ0n) is 17.2. The first kappa shape index (κ1) is 26.2. The number of aliphatic carboxylic acids is 1. The minimum Gasteiger partial charge on any atom is -0.496 e. The van der Waals surface area contributed by atoms with Crippen molar-refractivity contribution in [3.8, 4) is 5.75 Å². The van der Waals surface area contributed by atoms with Gasteiger partial charge in [0.25, 0.3) is 0 Å². The van der Waals surface area contributed by atoms with Crippen LogP contribution in [-0.2, 0) is 20.9 Å². The van der Waals surface area contributed by atoms with Crippen LogP contribution in [0.1, 0.15) is 53.5 Å². The summed E-state index contributed by atoms with van der Waals surface area (Å²) in [5.41, 5.74) is 0.434. The normalized spacial score (nSPS) is 9.81. The average molecular weight is 370 g/mol. The molecule has 1 aromatic carbocycles. The lowest BCUT2D eigenvalue weighted by atomic mass is 9.93. The van der Waals surface area contributed by atoms with Crippen LogP contribution in [0, 0.1) is 5.41 Å². The summed E-state index contributed by atoms with van der Waals surface area (Å²) in [6.07, 6.45) is 0.222. The number of carbonyl (C=O) groups excluding carboxylic acids is 1. The Hall–Kier alpha value is -2.08. The van der Waals surface area contributed by atoms with Gasteiger partial charge >= 0.3 is 5.97 Å². The highest BCUT2D eigenvalue weighted by molar-refractivity contribution is 5.81. The maximum atomic E-state index is 12.1. The molecule has 2 N–H and O–H groups in total. The number of ether oxygens (including phenoxy) is 2. The molecule has 0 fully saturated rings. The Morgan fingerprint density at radius 3 is 2.15 bits per heavy atom. The first-order valence-corrected chi connectivity index (χ1v) is 8.98. The molecule has 1 amide bonds. The van der Waals surface area contributed by atoms with Crippen LogP contribution in [0.15, 0.2) is 24.3 Å². The Bertz CT molecular complexity index is 515. The molecule has 1 rings (SSSR count). The van der Waals surface area contributed by atoms with E-state index >= 15 is 0 Å². The number of carbonyl (C=O) groups is 2. The second-order valence-electron chi connectivity index (χ2n) is 5.76. The fourth-order valence-corrected chi connectivity index (χ4v) is 1.69. The quantitative estimate of drug-likeness (QED) is 0.726. The molecule has 0 atom stereocenters. The van der Waals surface area contributed by atoms with E-state index in [9.17, 15) is 9.59 Å². The highest BCUT2D eigenvalue weighted by atomic mass is 16.5. The minimum absolute atomic E-state index is 0.0214. The number of nitrogens with one attached hydrogen (secondary N) is 1. The van der Waals surface area contributed by atoms with Crippen LogP contribution in [0.25, 0.3) is 0 Å². The number of benzene rings is 1. The van der Waals surface area contributed by atoms with Crippen LogP contribution >= 0.6 is 0 Å². The molecule has 150 valence electrons. The predicted molar refractivity (Wildman–Crippen MR) is 104 cm³/mol. The average Bonchev–Trinajstić information content (AvgIpc) is 2.66. The Kier molecular flexibility index (Phi) is 15.3. The van der Waals surface area contributed by atoms with E-state index in [1.54, 1.807) is 14.0 Å². The van der Waals surface area contributed by atoms with E-state index in [1.165, 1.54) is 0 Å². The van der Waals surface area contributed by atoms with Crippen LogP contribution in [-0.4, -0.2) is 37.3 Å². The molecule has 6 nitrogen and oxygen atoms in total. The van der Waals surface area contributed by atoms with Gasteiger partial charge in [-0.3, -0.25) is 9.59 Å². The minimum atomic E-state index is -0.745. The summed E-state index contributed by atoms with van der Waals surface area (Å²) in [7, 11) is 1.62. The molecular formula is C20H35NO5. The van der Waals surface area contributed by atoms with Crippen molar-refractivity contribution in [2.45, 2.75) is 54.5 Å². The van der Waals surface area contributed by atoms with E-state index in [4.69, 9.17) is 14.6 Å². The largest absolute Gasteiger partial charge is 0.496 e. The number of para-hydroxylation sites is 1. The van der Waals surface area contributed by atoms with Crippen LogP contribution in [0.2, 0.25) is 0 Å². The van der Waals surface area contributed by atoms with E-state index in [1.807, 2.05) is 58.9 Å². The van der Waals surface area contributed by atoms with Crippen molar-refractivity contribution in [1.29, 1.82) is 0 Å². The summed E-state index contributed by atoms with van der Waals surface area (Å²) in [5.74, 6) is 0.0160. The summed E-state index contributed by atoms with van der Waals surface area (Å²) >= 11 is 0. The first-order valence-electron chi connectivity index (χ1n) is 8.98. The number of carboxylic acid groups (broad SMARTS) is 1. The number of rotatable bonds is 8. The number of hydrogen-bond donors (Lipinski definition) is 2. The topological polar surface area (TPSA) is 84.9 Å². The van der Waals surface area contributed by atoms with Crippen molar-refractivity contribution in [3.63, 3.8) is 0 Å². The second-order valence-corrected chi connectivity index (χ2v) is 5.76. The van der Waals surface area contributed by atoms with Crippen molar-refractivity contribution in [2.75, 3.05) is 20.3 Å². The molecule has 6 heteroatoms. The highest BCUT2D eigenvalue weighted by Gasteiger charge is 2.27. The molecule has 0 saturated carbocycles. The summed E-state index contributed by atoms with van der Waals surface area (Å²) in [6.45, 7) is 12.8. The Balaban J connectivity index is 0. The van der Waals surface area contributed by atoms with Crippen molar-refractivity contribution < 1.29 is 24.2 Å². The summed E-state index contributed by atoms with van der Waals surface area (Å²) in [4.78, 5) is 21.5. The lowest BCUT2D eigenvalue weighted by Gasteiger charge is -2.23. The SMILES string of the molecule is CC.CCC(=O)O.CCOCC(C)(C)C(=O)NCc1ccccc1OC. The van der Waals surface area contributed by atoms with Crippen molar-refractivity contribution >= 4 is 11.9 Å². The molecule has 0 aliphatic heterocycles. The molecule has 0 heterocycles. The number of amides is 1. The fourth-order valence-electron chi connectivity index (χ4n) is 1.69. The van der Waals surface area contributed by atoms with Crippen molar-refractivity contribution in [1.82, 2.24) is 5.32 Å². The Morgan fingerprint density at radius 2 is 1.69 bits per heavy atom. The van der Waals surface area contributed by atoms with Gasteiger partial charge in [0.05, 0.1) is 19.1 Å². The third-order valence-corrected chi connectivity index (χ3v) is 3.22. The number of methoxy groups -OCH3 is 1. The zero-order chi connectivity index (χ0) is 20.6. The van der Waals surface area contributed by atoms with Crippen molar-refractivity contribution in [2.24, 2.45) is 5.41 Å². The molecule has 0 aliphatic carbocycles.